The van der Waals surface area contributed by atoms with Crippen LogP contribution in [0.3, 0.4) is 0 Å². The van der Waals surface area contributed by atoms with Crippen molar-refractivity contribution in [2.75, 3.05) is 26.2 Å². The lowest BCUT2D eigenvalue weighted by molar-refractivity contribution is 0.0513. The monoisotopic (exact) mass is 460 g/mol. The standard InChI is InChI=1S/C25H21ClN4O3/c26-19-10-8-18(9-11-19)21-17-22(30(27-21)20-5-2-1-3-6-20)24(31)28-12-14-29(15-13-28)25(32)23-7-4-16-33-23/h1-11,16-17H,12-15H2. The fourth-order valence-corrected chi connectivity index (χ4v) is 4.02. The molecule has 1 fully saturated rings. The van der Waals surface area contributed by atoms with Gasteiger partial charge in [-0.25, -0.2) is 4.68 Å². The quantitative estimate of drug-likeness (QED) is 0.453. The molecule has 2 aromatic heterocycles. The third kappa shape index (κ3) is 4.27. The van der Waals surface area contributed by atoms with Gasteiger partial charge < -0.3 is 14.2 Å². The topological polar surface area (TPSA) is 71.6 Å². The van der Waals surface area contributed by atoms with Crippen LogP contribution in [-0.2, 0) is 0 Å². The molecule has 7 nitrogen and oxygen atoms in total. The van der Waals surface area contributed by atoms with Crippen LogP contribution in [0.15, 0.2) is 83.5 Å². The van der Waals surface area contributed by atoms with Gasteiger partial charge in [0.25, 0.3) is 11.8 Å². The van der Waals surface area contributed by atoms with Crippen LogP contribution >= 0.6 is 11.6 Å². The van der Waals surface area contributed by atoms with Crippen molar-refractivity contribution < 1.29 is 14.0 Å². The molecule has 1 aliphatic heterocycles. The molecule has 1 saturated heterocycles. The number of hydrogen-bond acceptors (Lipinski definition) is 4. The number of rotatable bonds is 4. The maximum atomic E-state index is 13.5. The van der Waals surface area contributed by atoms with Crippen LogP contribution in [0, 0.1) is 0 Å². The van der Waals surface area contributed by atoms with Crippen LogP contribution in [-0.4, -0.2) is 57.6 Å². The van der Waals surface area contributed by atoms with Gasteiger partial charge in [0.2, 0.25) is 0 Å². The molecule has 2 aromatic carbocycles. The summed E-state index contributed by atoms with van der Waals surface area (Å²) in [5.41, 5.74) is 2.83. The van der Waals surface area contributed by atoms with Crippen LogP contribution in [0.2, 0.25) is 5.02 Å². The van der Waals surface area contributed by atoms with E-state index in [9.17, 15) is 9.59 Å². The van der Waals surface area contributed by atoms with Crippen molar-refractivity contribution in [2.45, 2.75) is 0 Å². The third-order valence-corrected chi connectivity index (χ3v) is 5.91. The number of amides is 2. The van der Waals surface area contributed by atoms with Crippen molar-refractivity contribution in [3.05, 3.63) is 95.5 Å². The van der Waals surface area contributed by atoms with Gasteiger partial charge in [0, 0.05) is 36.8 Å². The molecule has 0 unspecified atom stereocenters. The zero-order valence-corrected chi connectivity index (χ0v) is 18.5. The summed E-state index contributed by atoms with van der Waals surface area (Å²) in [5.74, 6) is 0.0210. The van der Waals surface area contributed by atoms with E-state index in [0.717, 1.165) is 11.3 Å². The summed E-state index contributed by atoms with van der Waals surface area (Å²) >= 11 is 6.03. The number of carbonyl (C=O) groups is 2. The summed E-state index contributed by atoms with van der Waals surface area (Å²) in [4.78, 5) is 29.5. The first kappa shape index (κ1) is 21.0. The van der Waals surface area contributed by atoms with Crippen molar-refractivity contribution in [2.24, 2.45) is 0 Å². The Morgan fingerprint density at radius 3 is 2.12 bits per heavy atom. The van der Waals surface area contributed by atoms with Crippen LogP contribution in [0.4, 0.5) is 0 Å². The first-order valence-electron chi connectivity index (χ1n) is 10.6. The highest BCUT2D eigenvalue weighted by atomic mass is 35.5. The summed E-state index contributed by atoms with van der Waals surface area (Å²) in [7, 11) is 0. The normalized spacial score (nSPS) is 13.8. The molecule has 8 heteroatoms. The molecule has 0 aliphatic carbocycles. The van der Waals surface area contributed by atoms with E-state index in [1.165, 1.54) is 6.26 Å². The number of benzene rings is 2. The Hall–Kier alpha value is -3.84. The number of halogens is 1. The van der Waals surface area contributed by atoms with Crippen molar-refractivity contribution in [1.29, 1.82) is 0 Å². The molecule has 0 radical (unpaired) electrons. The van der Waals surface area contributed by atoms with E-state index in [1.807, 2.05) is 42.5 Å². The number of nitrogens with zero attached hydrogens (tertiary/aromatic N) is 4. The lowest BCUT2D eigenvalue weighted by Gasteiger charge is -2.34. The molecule has 0 spiro atoms. The van der Waals surface area contributed by atoms with Gasteiger partial charge in [0.05, 0.1) is 17.6 Å². The zero-order chi connectivity index (χ0) is 22.8. The van der Waals surface area contributed by atoms with Crippen molar-refractivity contribution >= 4 is 23.4 Å². The lowest BCUT2D eigenvalue weighted by Crippen LogP contribution is -2.50. The number of carbonyl (C=O) groups excluding carboxylic acids is 2. The second kappa shape index (κ2) is 8.96. The van der Waals surface area contributed by atoms with E-state index < -0.39 is 0 Å². The number of furan rings is 1. The van der Waals surface area contributed by atoms with Crippen molar-refractivity contribution in [3.63, 3.8) is 0 Å². The lowest BCUT2D eigenvalue weighted by atomic mass is 10.1. The molecule has 33 heavy (non-hydrogen) atoms. The summed E-state index contributed by atoms with van der Waals surface area (Å²) in [6.45, 7) is 1.74. The van der Waals surface area contributed by atoms with Gasteiger partial charge >= 0.3 is 0 Å². The van der Waals surface area contributed by atoms with E-state index in [4.69, 9.17) is 21.1 Å². The highest BCUT2D eigenvalue weighted by Crippen LogP contribution is 2.24. The molecule has 0 atom stereocenters. The van der Waals surface area contributed by atoms with Crippen molar-refractivity contribution in [3.8, 4) is 16.9 Å². The van der Waals surface area contributed by atoms with Gasteiger partial charge in [-0.3, -0.25) is 9.59 Å². The number of piperazine rings is 1. The Morgan fingerprint density at radius 2 is 1.48 bits per heavy atom. The maximum absolute atomic E-state index is 13.5. The largest absolute Gasteiger partial charge is 0.459 e. The molecule has 4 aromatic rings. The van der Waals surface area contributed by atoms with Gasteiger partial charge in [-0.2, -0.15) is 5.10 Å². The first-order chi connectivity index (χ1) is 16.1. The zero-order valence-electron chi connectivity index (χ0n) is 17.7. The molecule has 166 valence electrons. The van der Waals surface area contributed by atoms with Crippen LogP contribution in [0.25, 0.3) is 16.9 Å². The predicted molar refractivity (Wildman–Crippen MR) is 125 cm³/mol. The van der Waals surface area contributed by atoms with Gasteiger partial charge in [0.15, 0.2) is 5.76 Å². The second-order valence-electron chi connectivity index (χ2n) is 7.73. The summed E-state index contributed by atoms with van der Waals surface area (Å²) in [5, 5.41) is 5.36. The SMILES string of the molecule is O=C(c1ccco1)N1CCN(C(=O)c2cc(-c3ccc(Cl)cc3)nn2-c2ccccc2)CC1. The van der Waals surface area contributed by atoms with Crippen LogP contribution in [0.1, 0.15) is 21.0 Å². The Kier molecular flexibility index (Phi) is 5.71. The Morgan fingerprint density at radius 1 is 0.818 bits per heavy atom. The minimum Gasteiger partial charge on any atom is -0.459 e. The van der Waals surface area contributed by atoms with Gasteiger partial charge in [-0.15, -0.1) is 0 Å². The molecule has 2 amide bonds. The Labute approximate surface area is 195 Å². The summed E-state index contributed by atoms with van der Waals surface area (Å²) < 4.78 is 6.89. The smallest absolute Gasteiger partial charge is 0.289 e. The molecule has 0 saturated carbocycles. The van der Waals surface area contributed by atoms with Gasteiger partial charge in [-0.1, -0.05) is 41.9 Å². The molecular formula is C25H21ClN4O3. The fraction of sp³-hybridized carbons (Fsp3) is 0.160. The second-order valence-corrected chi connectivity index (χ2v) is 8.17. The molecule has 1 aliphatic rings. The van der Waals surface area contributed by atoms with Crippen molar-refractivity contribution in [1.82, 2.24) is 19.6 Å². The first-order valence-corrected chi connectivity index (χ1v) is 11.0. The molecule has 0 N–H and O–H groups in total. The van der Waals surface area contributed by atoms with E-state index in [-0.39, 0.29) is 11.8 Å². The Bertz CT molecular complexity index is 1260. The predicted octanol–water partition coefficient (Wildman–Crippen LogP) is 4.38. The average Bonchev–Trinajstić information content (AvgIpc) is 3.55. The number of hydrogen-bond donors (Lipinski definition) is 0. The van der Waals surface area contributed by atoms with Gasteiger partial charge in [-0.05, 0) is 42.5 Å². The third-order valence-electron chi connectivity index (χ3n) is 5.66. The summed E-state index contributed by atoms with van der Waals surface area (Å²) in [6, 6.07) is 22.1. The van der Waals surface area contributed by atoms with Gasteiger partial charge in [0.1, 0.15) is 5.69 Å². The van der Waals surface area contributed by atoms with Crippen LogP contribution < -0.4 is 0 Å². The molecular weight excluding hydrogens is 440 g/mol. The number of aromatic nitrogens is 2. The molecule has 3 heterocycles. The highest BCUT2D eigenvalue weighted by molar-refractivity contribution is 6.30. The molecule has 5 rings (SSSR count). The molecule has 0 bridgehead atoms. The minimum atomic E-state index is -0.161. The number of para-hydroxylation sites is 1. The van der Waals surface area contributed by atoms with E-state index in [2.05, 4.69) is 0 Å². The average molecular weight is 461 g/mol. The van der Waals surface area contributed by atoms with E-state index in [0.29, 0.717) is 48.3 Å². The maximum Gasteiger partial charge on any atom is 0.289 e. The minimum absolute atomic E-state index is 0.128. The van der Waals surface area contributed by atoms with E-state index >= 15 is 0 Å². The Balaban J connectivity index is 1.40. The fourth-order valence-electron chi connectivity index (χ4n) is 3.89. The van der Waals surface area contributed by atoms with E-state index in [1.54, 1.807) is 44.8 Å². The van der Waals surface area contributed by atoms with Crippen LogP contribution in [0.5, 0.6) is 0 Å². The summed E-state index contributed by atoms with van der Waals surface area (Å²) in [6.07, 6.45) is 1.48. The highest BCUT2D eigenvalue weighted by Gasteiger charge is 2.29.